The highest BCUT2D eigenvalue weighted by Gasteiger charge is 2.08. The first-order chi connectivity index (χ1) is 9.10. The predicted octanol–water partition coefficient (Wildman–Crippen LogP) is 4.57. The van der Waals surface area contributed by atoms with Gasteiger partial charge in [0.1, 0.15) is 5.82 Å². The molecule has 0 N–H and O–H groups in total. The highest BCUT2D eigenvalue weighted by atomic mass is 79.9. The van der Waals surface area contributed by atoms with Gasteiger partial charge >= 0.3 is 0 Å². The van der Waals surface area contributed by atoms with Crippen molar-refractivity contribution in [1.29, 1.82) is 0 Å². The lowest BCUT2D eigenvalue weighted by Crippen LogP contribution is -2.18. The fraction of sp³-hybridized carbons (Fsp3) is 0.267. The molecule has 4 heteroatoms. The Kier molecular flexibility index (Phi) is 4.83. The van der Waals surface area contributed by atoms with Gasteiger partial charge in [-0.2, -0.15) is 0 Å². The van der Waals surface area contributed by atoms with Crippen molar-refractivity contribution in [2.45, 2.75) is 18.8 Å². The van der Waals surface area contributed by atoms with E-state index in [0.29, 0.717) is 0 Å². The lowest BCUT2D eigenvalue weighted by Gasteiger charge is -2.20. The predicted molar refractivity (Wildman–Crippen MR) is 85.2 cm³/mol. The molecule has 0 spiro atoms. The summed E-state index contributed by atoms with van der Waals surface area (Å²) in [7, 11) is 2.05. The van der Waals surface area contributed by atoms with Crippen molar-refractivity contribution < 1.29 is 0 Å². The van der Waals surface area contributed by atoms with Crippen LogP contribution in [0.3, 0.4) is 0 Å². The SMILES string of the molecule is Cc1cc(CBr)cnc1N(C)Cc1cccc(Cl)c1. The normalized spacial score (nSPS) is 10.5. The monoisotopic (exact) mass is 338 g/mol. The molecule has 19 heavy (non-hydrogen) atoms. The Bertz CT molecular complexity index is 572. The van der Waals surface area contributed by atoms with Crippen LogP contribution >= 0.6 is 27.5 Å². The maximum atomic E-state index is 6.01. The molecule has 0 saturated carbocycles. The van der Waals surface area contributed by atoms with Gasteiger partial charge in [0.25, 0.3) is 0 Å². The van der Waals surface area contributed by atoms with E-state index in [1.54, 1.807) is 0 Å². The molecule has 1 aromatic carbocycles. The summed E-state index contributed by atoms with van der Waals surface area (Å²) in [5.41, 5.74) is 3.56. The van der Waals surface area contributed by atoms with E-state index in [0.717, 1.165) is 22.7 Å². The molecule has 0 bridgehead atoms. The van der Waals surface area contributed by atoms with Gasteiger partial charge in [0.05, 0.1) is 0 Å². The van der Waals surface area contributed by atoms with Crippen LogP contribution in [0.25, 0.3) is 0 Å². The molecule has 100 valence electrons. The zero-order chi connectivity index (χ0) is 13.8. The lowest BCUT2D eigenvalue weighted by atomic mass is 10.2. The van der Waals surface area contributed by atoms with Crippen molar-refractivity contribution in [1.82, 2.24) is 4.98 Å². The largest absolute Gasteiger partial charge is 0.355 e. The van der Waals surface area contributed by atoms with Gasteiger partial charge in [-0.3, -0.25) is 0 Å². The summed E-state index contributed by atoms with van der Waals surface area (Å²) in [5, 5.41) is 1.60. The zero-order valence-corrected chi connectivity index (χ0v) is 13.4. The number of hydrogen-bond acceptors (Lipinski definition) is 2. The van der Waals surface area contributed by atoms with E-state index in [9.17, 15) is 0 Å². The first kappa shape index (κ1) is 14.4. The second kappa shape index (κ2) is 6.40. The van der Waals surface area contributed by atoms with Crippen molar-refractivity contribution in [3.63, 3.8) is 0 Å². The molecule has 2 aromatic rings. The van der Waals surface area contributed by atoms with Gasteiger partial charge in [-0.15, -0.1) is 0 Å². The second-order valence-corrected chi connectivity index (χ2v) is 5.60. The minimum absolute atomic E-state index is 0.769. The highest BCUT2D eigenvalue weighted by Crippen LogP contribution is 2.20. The van der Waals surface area contributed by atoms with Crippen LogP contribution in [0.15, 0.2) is 36.5 Å². The summed E-state index contributed by atoms with van der Waals surface area (Å²) >= 11 is 9.45. The molecule has 0 radical (unpaired) electrons. The van der Waals surface area contributed by atoms with Gasteiger partial charge in [0.15, 0.2) is 0 Å². The van der Waals surface area contributed by atoms with Crippen molar-refractivity contribution in [2.75, 3.05) is 11.9 Å². The minimum atomic E-state index is 0.769. The average molecular weight is 340 g/mol. The van der Waals surface area contributed by atoms with E-state index in [-0.39, 0.29) is 0 Å². The quantitative estimate of drug-likeness (QED) is 0.758. The Labute approximate surface area is 127 Å². The van der Waals surface area contributed by atoms with Crippen LogP contribution in [0, 0.1) is 6.92 Å². The molecule has 0 atom stereocenters. The topological polar surface area (TPSA) is 16.1 Å². The summed E-state index contributed by atoms with van der Waals surface area (Å²) in [6.07, 6.45) is 1.91. The molecule has 0 saturated heterocycles. The van der Waals surface area contributed by atoms with Gasteiger partial charge in [-0.05, 0) is 35.7 Å². The molecule has 1 heterocycles. The van der Waals surface area contributed by atoms with Crippen molar-refractivity contribution >= 4 is 33.3 Å². The number of alkyl halides is 1. The Balaban J connectivity index is 2.18. The number of hydrogen-bond donors (Lipinski definition) is 0. The summed E-state index contributed by atoms with van der Waals surface area (Å²) in [4.78, 5) is 6.67. The standard InChI is InChI=1S/C15H16BrClN2/c1-11-6-13(8-16)9-18-15(11)19(2)10-12-4-3-5-14(17)7-12/h3-7,9H,8,10H2,1-2H3. The Hall–Kier alpha value is -1.06. The number of nitrogens with zero attached hydrogens (tertiary/aromatic N) is 2. The number of anilines is 1. The molecule has 2 rings (SSSR count). The third-order valence-corrected chi connectivity index (χ3v) is 3.81. The fourth-order valence-electron chi connectivity index (χ4n) is 2.08. The van der Waals surface area contributed by atoms with Crippen LogP contribution in [-0.2, 0) is 11.9 Å². The zero-order valence-electron chi connectivity index (χ0n) is 11.0. The first-order valence-electron chi connectivity index (χ1n) is 6.07. The highest BCUT2D eigenvalue weighted by molar-refractivity contribution is 9.08. The summed E-state index contributed by atoms with van der Waals surface area (Å²) in [6.45, 7) is 2.88. The lowest BCUT2D eigenvalue weighted by molar-refractivity contribution is 0.889. The van der Waals surface area contributed by atoms with Crippen LogP contribution in [0.2, 0.25) is 5.02 Å². The van der Waals surface area contributed by atoms with Crippen LogP contribution in [0.5, 0.6) is 0 Å². The van der Waals surface area contributed by atoms with Crippen LogP contribution in [0.4, 0.5) is 5.82 Å². The molecule has 0 aliphatic heterocycles. The molecular weight excluding hydrogens is 324 g/mol. The maximum Gasteiger partial charge on any atom is 0.131 e. The number of pyridine rings is 1. The van der Waals surface area contributed by atoms with Gasteiger partial charge in [0, 0.05) is 30.1 Å². The Morgan fingerprint density at radius 3 is 2.68 bits per heavy atom. The first-order valence-corrected chi connectivity index (χ1v) is 7.57. The third-order valence-electron chi connectivity index (χ3n) is 2.93. The average Bonchev–Trinajstić information content (AvgIpc) is 2.38. The Morgan fingerprint density at radius 1 is 1.26 bits per heavy atom. The molecule has 0 unspecified atom stereocenters. The molecule has 1 aromatic heterocycles. The molecule has 0 fully saturated rings. The summed E-state index contributed by atoms with van der Waals surface area (Å²) < 4.78 is 0. The number of benzene rings is 1. The van der Waals surface area contributed by atoms with Crippen molar-refractivity contribution in [2.24, 2.45) is 0 Å². The summed E-state index contributed by atoms with van der Waals surface area (Å²) in [5.74, 6) is 1.00. The molecular formula is C15H16BrClN2. The fourth-order valence-corrected chi connectivity index (χ4v) is 2.60. The van der Waals surface area contributed by atoms with Crippen molar-refractivity contribution in [3.8, 4) is 0 Å². The molecule has 2 nitrogen and oxygen atoms in total. The van der Waals surface area contributed by atoms with E-state index >= 15 is 0 Å². The Morgan fingerprint density at radius 2 is 2.05 bits per heavy atom. The van der Waals surface area contributed by atoms with E-state index in [1.807, 2.05) is 31.4 Å². The smallest absolute Gasteiger partial charge is 0.131 e. The number of aryl methyl sites for hydroxylation is 1. The maximum absolute atomic E-state index is 6.01. The summed E-state index contributed by atoms with van der Waals surface area (Å²) in [6, 6.07) is 10.1. The molecule has 0 aliphatic rings. The number of rotatable bonds is 4. The number of halogens is 2. The van der Waals surface area contributed by atoms with Gasteiger partial charge in [-0.1, -0.05) is 45.7 Å². The van der Waals surface area contributed by atoms with Crippen LogP contribution in [0.1, 0.15) is 16.7 Å². The minimum Gasteiger partial charge on any atom is -0.355 e. The molecule has 0 amide bonds. The van der Waals surface area contributed by atoms with Gasteiger partial charge in [0.2, 0.25) is 0 Å². The van der Waals surface area contributed by atoms with E-state index < -0.39 is 0 Å². The van der Waals surface area contributed by atoms with E-state index in [4.69, 9.17) is 11.6 Å². The van der Waals surface area contributed by atoms with Gasteiger partial charge < -0.3 is 4.90 Å². The van der Waals surface area contributed by atoms with E-state index in [2.05, 4.69) is 44.9 Å². The van der Waals surface area contributed by atoms with Gasteiger partial charge in [-0.25, -0.2) is 4.98 Å². The van der Waals surface area contributed by atoms with Crippen LogP contribution in [-0.4, -0.2) is 12.0 Å². The third kappa shape index (κ3) is 3.71. The van der Waals surface area contributed by atoms with Crippen LogP contribution < -0.4 is 4.90 Å². The van der Waals surface area contributed by atoms with E-state index in [1.165, 1.54) is 16.7 Å². The molecule has 0 aliphatic carbocycles. The second-order valence-electron chi connectivity index (χ2n) is 4.60. The number of aromatic nitrogens is 1. The van der Waals surface area contributed by atoms with Crippen molar-refractivity contribution in [3.05, 3.63) is 58.2 Å².